The van der Waals surface area contributed by atoms with E-state index >= 15 is 0 Å². The van der Waals surface area contributed by atoms with Gasteiger partial charge in [-0.05, 0) is 55.4 Å². The summed E-state index contributed by atoms with van der Waals surface area (Å²) < 4.78 is 10.6. The molecule has 2 N–H and O–H groups in total. The van der Waals surface area contributed by atoms with Gasteiger partial charge in [-0.25, -0.2) is 4.79 Å². The van der Waals surface area contributed by atoms with E-state index in [0.717, 1.165) is 25.0 Å². The highest BCUT2D eigenvalue weighted by Gasteiger charge is 2.35. The Morgan fingerprint density at radius 2 is 2.08 bits per heavy atom. The molecule has 6 heteroatoms. The van der Waals surface area contributed by atoms with Gasteiger partial charge in [0, 0.05) is 12.5 Å². The third-order valence-corrected chi connectivity index (χ3v) is 4.90. The molecular weight excluding hydrogens is 310 g/mol. The van der Waals surface area contributed by atoms with Gasteiger partial charge in [0.25, 0.3) is 0 Å². The molecule has 0 saturated carbocycles. The highest BCUT2D eigenvalue weighted by molar-refractivity contribution is 5.82. The molecule has 1 heterocycles. The molecule has 1 saturated heterocycles. The van der Waals surface area contributed by atoms with Gasteiger partial charge in [0.2, 0.25) is 5.91 Å². The number of methoxy groups -OCH3 is 1. The second-order valence-corrected chi connectivity index (χ2v) is 6.43. The monoisotopic (exact) mass is 333 g/mol. The van der Waals surface area contributed by atoms with Gasteiger partial charge in [-0.15, -0.1) is 0 Å². The number of nitrogens with one attached hydrogen (secondary N) is 1. The van der Waals surface area contributed by atoms with E-state index in [0.29, 0.717) is 19.4 Å². The van der Waals surface area contributed by atoms with Crippen LogP contribution in [0.4, 0.5) is 0 Å². The molecule has 130 valence electrons. The lowest BCUT2D eigenvalue weighted by atomic mass is 9.82. The number of ether oxygens (including phenoxy) is 2. The fraction of sp³-hybridized carbons (Fsp3) is 0.556. The minimum atomic E-state index is -1.000. The second kappa shape index (κ2) is 7.21. The third-order valence-electron chi connectivity index (χ3n) is 4.90. The molecule has 1 unspecified atom stereocenters. The van der Waals surface area contributed by atoms with Crippen molar-refractivity contribution in [3.8, 4) is 5.75 Å². The average molecular weight is 333 g/mol. The van der Waals surface area contributed by atoms with Gasteiger partial charge < -0.3 is 19.9 Å². The number of aryl methyl sites for hydroxylation is 1. The SMILES string of the molecule is COc1ccc2c(c1)CCCC2CNC(=O)[C@@H]1CC[C@H](C(=O)O)O1. The molecule has 0 bridgehead atoms. The number of benzene rings is 1. The zero-order valence-corrected chi connectivity index (χ0v) is 13.8. The predicted molar refractivity (Wildman–Crippen MR) is 87.2 cm³/mol. The Morgan fingerprint density at radius 1 is 1.29 bits per heavy atom. The number of hydrogen-bond acceptors (Lipinski definition) is 4. The van der Waals surface area contributed by atoms with E-state index in [2.05, 4.69) is 17.4 Å². The van der Waals surface area contributed by atoms with E-state index in [4.69, 9.17) is 14.6 Å². The topological polar surface area (TPSA) is 84.9 Å². The number of carboxylic acid groups (broad SMARTS) is 1. The summed E-state index contributed by atoms with van der Waals surface area (Å²) in [6.07, 6.45) is 2.49. The first kappa shape index (κ1) is 16.8. The number of amides is 1. The van der Waals surface area contributed by atoms with Gasteiger partial charge in [0.1, 0.15) is 11.9 Å². The molecule has 0 radical (unpaired) electrons. The van der Waals surface area contributed by atoms with E-state index in [1.165, 1.54) is 11.1 Å². The fourth-order valence-electron chi connectivity index (χ4n) is 3.58. The van der Waals surface area contributed by atoms with Crippen molar-refractivity contribution in [1.82, 2.24) is 5.32 Å². The fourth-order valence-corrected chi connectivity index (χ4v) is 3.58. The summed E-state index contributed by atoms with van der Waals surface area (Å²) in [6, 6.07) is 6.11. The van der Waals surface area contributed by atoms with Gasteiger partial charge in [0.15, 0.2) is 6.10 Å². The van der Waals surface area contributed by atoms with E-state index < -0.39 is 18.2 Å². The van der Waals surface area contributed by atoms with Crippen LogP contribution < -0.4 is 10.1 Å². The van der Waals surface area contributed by atoms with Crippen molar-refractivity contribution in [2.75, 3.05) is 13.7 Å². The average Bonchev–Trinajstić information content (AvgIpc) is 3.09. The van der Waals surface area contributed by atoms with Gasteiger partial charge in [-0.3, -0.25) is 4.79 Å². The van der Waals surface area contributed by atoms with Crippen molar-refractivity contribution in [1.29, 1.82) is 0 Å². The van der Waals surface area contributed by atoms with Crippen LogP contribution in [0.1, 0.15) is 42.7 Å². The molecule has 0 spiro atoms. The largest absolute Gasteiger partial charge is 0.497 e. The lowest BCUT2D eigenvalue weighted by molar-refractivity contribution is -0.151. The zero-order valence-electron chi connectivity index (χ0n) is 13.8. The minimum absolute atomic E-state index is 0.209. The number of carboxylic acids is 1. The van der Waals surface area contributed by atoms with Crippen molar-refractivity contribution in [3.63, 3.8) is 0 Å². The first-order valence-corrected chi connectivity index (χ1v) is 8.41. The normalized spacial score (nSPS) is 25.8. The first-order valence-electron chi connectivity index (χ1n) is 8.41. The van der Waals surface area contributed by atoms with Crippen LogP contribution in [0.2, 0.25) is 0 Å². The number of carbonyl (C=O) groups excluding carboxylic acids is 1. The van der Waals surface area contributed by atoms with Gasteiger partial charge in [-0.1, -0.05) is 6.07 Å². The van der Waals surface area contributed by atoms with E-state index in [-0.39, 0.29) is 11.8 Å². The van der Waals surface area contributed by atoms with Crippen LogP contribution in [0.25, 0.3) is 0 Å². The molecule has 1 aliphatic carbocycles. The Kier molecular flexibility index (Phi) is 5.04. The smallest absolute Gasteiger partial charge is 0.332 e. The quantitative estimate of drug-likeness (QED) is 0.859. The van der Waals surface area contributed by atoms with Crippen LogP contribution in [0.15, 0.2) is 18.2 Å². The molecule has 1 fully saturated rings. The van der Waals surface area contributed by atoms with E-state index in [1.807, 2.05) is 6.07 Å². The Labute approximate surface area is 141 Å². The molecule has 1 aliphatic heterocycles. The summed E-state index contributed by atoms with van der Waals surface area (Å²) in [7, 11) is 1.66. The summed E-state index contributed by atoms with van der Waals surface area (Å²) >= 11 is 0. The summed E-state index contributed by atoms with van der Waals surface area (Å²) in [5.41, 5.74) is 2.54. The maximum Gasteiger partial charge on any atom is 0.332 e. The number of aliphatic carboxylic acids is 1. The van der Waals surface area contributed by atoms with Gasteiger partial charge in [-0.2, -0.15) is 0 Å². The van der Waals surface area contributed by atoms with Crippen LogP contribution in [0.3, 0.4) is 0 Å². The molecule has 3 atom stereocenters. The molecule has 24 heavy (non-hydrogen) atoms. The highest BCUT2D eigenvalue weighted by Crippen LogP contribution is 2.33. The Balaban J connectivity index is 1.58. The molecule has 6 nitrogen and oxygen atoms in total. The minimum Gasteiger partial charge on any atom is -0.497 e. The number of hydrogen-bond donors (Lipinski definition) is 2. The predicted octanol–water partition coefficient (Wildman–Crippen LogP) is 1.86. The molecule has 1 aromatic carbocycles. The highest BCUT2D eigenvalue weighted by atomic mass is 16.5. The maximum atomic E-state index is 12.2. The van der Waals surface area contributed by atoms with E-state index in [9.17, 15) is 9.59 Å². The van der Waals surface area contributed by atoms with Crippen molar-refractivity contribution in [2.45, 2.75) is 50.2 Å². The van der Waals surface area contributed by atoms with Crippen LogP contribution in [0, 0.1) is 0 Å². The zero-order chi connectivity index (χ0) is 17.1. The Bertz CT molecular complexity index is 630. The molecule has 2 aliphatic rings. The lowest BCUT2D eigenvalue weighted by Gasteiger charge is -2.26. The van der Waals surface area contributed by atoms with Crippen LogP contribution in [-0.2, 0) is 20.7 Å². The molecule has 0 aromatic heterocycles. The van der Waals surface area contributed by atoms with Crippen molar-refractivity contribution in [2.24, 2.45) is 0 Å². The third kappa shape index (κ3) is 3.53. The summed E-state index contributed by atoms with van der Waals surface area (Å²) in [4.78, 5) is 23.1. The van der Waals surface area contributed by atoms with Crippen molar-refractivity contribution < 1.29 is 24.2 Å². The molecule has 3 rings (SSSR count). The van der Waals surface area contributed by atoms with E-state index in [1.54, 1.807) is 7.11 Å². The van der Waals surface area contributed by atoms with Crippen LogP contribution in [0.5, 0.6) is 5.75 Å². The summed E-state index contributed by atoms with van der Waals surface area (Å²) in [6.45, 7) is 0.551. The number of rotatable bonds is 5. The molecular formula is C18H23NO5. The summed E-state index contributed by atoms with van der Waals surface area (Å²) in [5.74, 6) is -0.0716. The van der Waals surface area contributed by atoms with Crippen molar-refractivity contribution in [3.05, 3.63) is 29.3 Å². The molecule has 1 aromatic rings. The standard InChI is InChI=1S/C18H23NO5/c1-23-13-5-6-14-11(9-13)3-2-4-12(14)10-19-17(20)15-7-8-16(24-15)18(21)22/h5-6,9,12,15-16H,2-4,7-8,10H2,1H3,(H,19,20)(H,21,22)/t12?,15-,16+/m0/s1. The van der Waals surface area contributed by atoms with Gasteiger partial charge >= 0.3 is 5.97 Å². The molecule has 1 amide bonds. The first-order chi connectivity index (χ1) is 11.6. The second-order valence-electron chi connectivity index (χ2n) is 6.43. The van der Waals surface area contributed by atoms with Crippen LogP contribution in [-0.4, -0.2) is 42.8 Å². The Morgan fingerprint density at radius 3 is 2.79 bits per heavy atom. The summed E-state index contributed by atoms with van der Waals surface area (Å²) in [5, 5.41) is 11.9. The lowest BCUT2D eigenvalue weighted by Crippen LogP contribution is -2.38. The van der Waals surface area contributed by atoms with Crippen LogP contribution >= 0.6 is 0 Å². The van der Waals surface area contributed by atoms with Crippen molar-refractivity contribution >= 4 is 11.9 Å². The maximum absolute atomic E-state index is 12.2. The Hall–Kier alpha value is -2.08. The number of fused-ring (bicyclic) bond motifs is 1. The number of carbonyl (C=O) groups is 2. The van der Waals surface area contributed by atoms with Gasteiger partial charge in [0.05, 0.1) is 7.11 Å².